The van der Waals surface area contributed by atoms with Gasteiger partial charge in [0, 0.05) is 11.8 Å². The largest absolute Gasteiger partial charge is 0.385 e. The van der Waals surface area contributed by atoms with E-state index in [2.05, 4.69) is 12.2 Å². The number of allylic oxidation sites excluding steroid dienone is 2. The Labute approximate surface area is 64.9 Å². The third-order valence-corrected chi connectivity index (χ3v) is 3.50. The second kappa shape index (κ2) is 1.58. The molecule has 2 fully saturated rings. The number of carbonyl (C=O) groups excluding carboxylic acids is 1. The lowest BCUT2D eigenvalue weighted by Gasteiger charge is -2.40. The standard InChI is InChI=1S/C9H10O2/c10-8-6-4-1-2-5(3-4)7(6)9(8)11/h1-2,4-8,10H,3H2/t4-,5+,6-,7+,8?/m0/s1. The Kier molecular flexibility index (Phi) is 0.856. The van der Waals surface area contributed by atoms with Crippen LogP contribution in [0.4, 0.5) is 0 Å². The number of rotatable bonds is 0. The maximum Gasteiger partial charge on any atom is 0.165 e. The molecule has 3 rings (SSSR count). The lowest BCUT2D eigenvalue weighted by molar-refractivity contribution is -0.153. The van der Waals surface area contributed by atoms with Gasteiger partial charge in [0.25, 0.3) is 0 Å². The molecule has 1 N–H and O–H groups in total. The molecule has 11 heavy (non-hydrogen) atoms. The molecule has 2 heteroatoms. The van der Waals surface area contributed by atoms with Crippen LogP contribution in [-0.4, -0.2) is 17.0 Å². The summed E-state index contributed by atoms with van der Waals surface area (Å²) in [4.78, 5) is 11.1. The summed E-state index contributed by atoms with van der Waals surface area (Å²) in [5.41, 5.74) is 0. The highest BCUT2D eigenvalue weighted by Gasteiger charge is 2.60. The van der Waals surface area contributed by atoms with E-state index < -0.39 is 6.10 Å². The highest BCUT2D eigenvalue weighted by atomic mass is 16.3. The van der Waals surface area contributed by atoms with E-state index in [9.17, 15) is 9.90 Å². The van der Waals surface area contributed by atoms with Crippen molar-refractivity contribution in [3.05, 3.63) is 12.2 Å². The van der Waals surface area contributed by atoms with Crippen LogP contribution in [0.25, 0.3) is 0 Å². The highest BCUT2D eigenvalue weighted by Crippen LogP contribution is 2.55. The van der Waals surface area contributed by atoms with Gasteiger partial charge in [-0.25, -0.2) is 0 Å². The van der Waals surface area contributed by atoms with Crippen molar-refractivity contribution >= 4 is 5.78 Å². The first-order valence-electron chi connectivity index (χ1n) is 4.19. The number of aliphatic hydroxyl groups is 1. The van der Waals surface area contributed by atoms with Crippen LogP contribution in [0.2, 0.25) is 0 Å². The van der Waals surface area contributed by atoms with Gasteiger partial charge < -0.3 is 5.11 Å². The van der Waals surface area contributed by atoms with E-state index in [1.165, 1.54) is 0 Å². The fraction of sp³-hybridized carbons (Fsp3) is 0.667. The quantitative estimate of drug-likeness (QED) is 0.506. The van der Waals surface area contributed by atoms with Crippen LogP contribution in [0.1, 0.15) is 6.42 Å². The first kappa shape index (κ1) is 5.95. The van der Waals surface area contributed by atoms with Gasteiger partial charge in [-0.3, -0.25) is 4.79 Å². The van der Waals surface area contributed by atoms with Crippen molar-refractivity contribution in [2.24, 2.45) is 23.7 Å². The highest BCUT2D eigenvalue weighted by molar-refractivity contribution is 5.93. The molecule has 2 nitrogen and oxygen atoms in total. The molecular formula is C9H10O2. The molecule has 2 bridgehead atoms. The average molecular weight is 150 g/mol. The zero-order chi connectivity index (χ0) is 7.59. The summed E-state index contributed by atoms with van der Waals surface area (Å²) in [6.07, 6.45) is 4.80. The Balaban J connectivity index is 2.01. The molecule has 0 aromatic heterocycles. The van der Waals surface area contributed by atoms with E-state index in [1.807, 2.05) is 0 Å². The van der Waals surface area contributed by atoms with Crippen LogP contribution in [0.5, 0.6) is 0 Å². The minimum atomic E-state index is -0.625. The lowest BCUT2D eigenvalue weighted by atomic mass is 9.65. The molecule has 5 atom stereocenters. The second-order valence-corrected chi connectivity index (χ2v) is 3.90. The number of Topliss-reactive ketones (excluding diaryl/α,β-unsaturated/α-hetero) is 1. The monoisotopic (exact) mass is 150 g/mol. The molecule has 0 spiro atoms. The van der Waals surface area contributed by atoms with Gasteiger partial charge in [0.1, 0.15) is 6.10 Å². The zero-order valence-electron chi connectivity index (χ0n) is 6.10. The molecule has 2 saturated carbocycles. The summed E-state index contributed by atoms with van der Waals surface area (Å²) in [6, 6.07) is 0. The predicted octanol–water partition coefficient (Wildman–Crippen LogP) is 0.368. The van der Waals surface area contributed by atoms with Crippen molar-refractivity contribution in [1.29, 1.82) is 0 Å². The first-order valence-corrected chi connectivity index (χ1v) is 4.19. The minimum absolute atomic E-state index is 0.0897. The Morgan fingerprint density at radius 3 is 2.82 bits per heavy atom. The van der Waals surface area contributed by atoms with E-state index in [-0.39, 0.29) is 17.6 Å². The van der Waals surface area contributed by atoms with Gasteiger partial charge in [-0.1, -0.05) is 12.2 Å². The van der Waals surface area contributed by atoms with Crippen LogP contribution < -0.4 is 0 Å². The Hall–Kier alpha value is -0.630. The number of carbonyl (C=O) groups is 1. The van der Waals surface area contributed by atoms with Crippen molar-refractivity contribution in [1.82, 2.24) is 0 Å². The average Bonchev–Trinajstić information content (AvgIpc) is 2.58. The van der Waals surface area contributed by atoms with E-state index in [0.29, 0.717) is 11.8 Å². The van der Waals surface area contributed by atoms with Crippen molar-refractivity contribution in [3.63, 3.8) is 0 Å². The Morgan fingerprint density at radius 2 is 2.09 bits per heavy atom. The van der Waals surface area contributed by atoms with Gasteiger partial charge >= 0.3 is 0 Å². The van der Waals surface area contributed by atoms with E-state index in [0.717, 1.165) is 6.42 Å². The molecule has 1 unspecified atom stereocenters. The van der Waals surface area contributed by atoms with Crippen molar-refractivity contribution in [3.8, 4) is 0 Å². The lowest BCUT2D eigenvalue weighted by Crippen LogP contribution is -2.53. The number of ketones is 1. The summed E-state index contributed by atoms with van der Waals surface area (Å²) in [5.74, 6) is 1.56. The van der Waals surface area contributed by atoms with Gasteiger partial charge in [-0.05, 0) is 18.3 Å². The van der Waals surface area contributed by atoms with Crippen LogP contribution in [0.15, 0.2) is 12.2 Å². The summed E-state index contributed by atoms with van der Waals surface area (Å²) >= 11 is 0. The molecule has 0 amide bonds. The summed E-state index contributed by atoms with van der Waals surface area (Å²) in [6.45, 7) is 0. The molecule has 3 aliphatic carbocycles. The molecule has 0 heterocycles. The summed E-state index contributed by atoms with van der Waals surface area (Å²) < 4.78 is 0. The van der Waals surface area contributed by atoms with Gasteiger partial charge in [0.2, 0.25) is 0 Å². The number of hydrogen-bond donors (Lipinski definition) is 1. The maximum absolute atomic E-state index is 11.1. The Morgan fingerprint density at radius 1 is 1.36 bits per heavy atom. The van der Waals surface area contributed by atoms with E-state index in [4.69, 9.17) is 0 Å². The second-order valence-electron chi connectivity index (χ2n) is 3.90. The van der Waals surface area contributed by atoms with Gasteiger partial charge in [0.15, 0.2) is 5.78 Å². The zero-order valence-corrected chi connectivity index (χ0v) is 6.10. The van der Waals surface area contributed by atoms with E-state index >= 15 is 0 Å². The summed E-state index contributed by atoms with van der Waals surface area (Å²) in [7, 11) is 0. The molecule has 3 aliphatic rings. The SMILES string of the molecule is O=C1C(O)[C@@H]2[C@H]1[C@@H]1C=C[C@H]2C1. The van der Waals surface area contributed by atoms with Crippen LogP contribution >= 0.6 is 0 Å². The number of fused-ring (bicyclic) bond motifs is 5. The number of aliphatic hydroxyl groups excluding tert-OH is 1. The van der Waals surface area contributed by atoms with Crippen LogP contribution in [0.3, 0.4) is 0 Å². The van der Waals surface area contributed by atoms with Gasteiger partial charge in [0.05, 0.1) is 0 Å². The normalized spacial score (nSPS) is 57.9. The molecule has 0 aromatic rings. The Bertz CT molecular complexity index is 256. The topological polar surface area (TPSA) is 37.3 Å². The third kappa shape index (κ3) is 0.486. The molecule has 0 saturated heterocycles. The fourth-order valence-electron chi connectivity index (χ4n) is 2.96. The van der Waals surface area contributed by atoms with Crippen LogP contribution in [0, 0.1) is 23.7 Å². The molecule has 0 radical (unpaired) electrons. The van der Waals surface area contributed by atoms with Gasteiger partial charge in [-0.2, -0.15) is 0 Å². The van der Waals surface area contributed by atoms with Crippen molar-refractivity contribution in [2.45, 2.75) is 12.5 Å². The minimum Gasteiger partial charge on any atom is -0.385 e. The van der Waals surface area contributed by atoms with E-state index in [1.54, 1.807) is 0 Å². The van der Waals surface area contributed by atoms with Crippen molar-refractivity contribution in [2.75, 3.05) is 0 Å². The smallest absolute Gasteiger partial charge is 0.165 e. The molecule has 58 valence electrons. The molecule has 0 aromatic carbocycles. The fourth-order valence-corrected chi connectivity index (χ4v) is 2.96. The molecule has 0 aliphatic heterocycles. The predicted molar refractivity (Wildman–Crippen MR) is 38.7 cm³/mol. The van der Waals surface area contributed by atoms with Crippen molar-refractivity contribution < 1.29 is 9.90 Å². The maximum atomic E-state index is 11.1. The number of hydrogen-bond acceptors (Lipinski definition) is 2. The first-order chi connectivity index (χ1) is 5.29. The van der Waals surface area contributed by atoms with Crippen LogP contribution in [-0.2, 0) is 4.79 Å². The molecular weight excluding hydrogens is 140 g/mol. The van der Waals surface area contributed by atoms with Gasteiger partial charge in [-0.15, -0.1) is 0 Å². The third-order valence-electron chi connectivity index (χ3n) is 3.50. The summed E-state index contributed by atoms with van der Waals surface area (Å²) in [5, 5.41) is 9.33.